The summed E-state index contributed by atoms with van der Waals surface area (Å²) in [5.41, 5.74) is 6.71. The van der Waals surface area contributed by atoms with Gasteiger partial charge in [0.1, 0.15) is 18.2 Å². The molecule has 1 aromatic rings. The van der Waals surface area contributed by atoms with Crippen molar-refractivity contribution in [2.24, 2.45) is 23.5 Å². The minimum Gasteiger partial charge on any atom is -0.459 e. The van der Waals surface area contributed by atoms with E-state index in [0.29, 0.717) is 18.4 Å². The summed E-state index contributed by atoms with van der Waals surface area (Å²) in [7, 11) is 0. The molecule has 0 aliphatic carbocycles. The average molecular weight is 550 g/mol. The Balaban J connectivity index is 2.98. The van der Waals surface area contributed by atoms with E-state index in [0.717, 1.165) is 12.8 Å². The first-order valence-corrected chi connectivity index (χ1v) is 14.0. The van der Waals surface area contributed by atoms with Gasteiger partial charge in [-0.25, -0.2) is 0 Å². The highest BCUT2D eigenvalue weighted by Gasteiger charge is 2.26. The molecule has 9 heteroatoms. The molecule has 0 spiro atoms. The molecule has 9 nitrogen and oxygen atoms in total. The van der Waals surface area contributed by atoms with Gasteiger partial charge in [0.15, 0.2) is 11.5 Å². The highest BCUT2D eigenvalue weighted by atomic mass is 16.6. The predicted octanol–water partition coefficient (Wildman–Crippen LogP) is 5.15. The van der Waals surface area contributed by atoms with Crippen LogP contribution >= 0.6 is 0 Å². The second-order valence-electron chi connectivity index (χ2n) is 10.7. The molecule has 220 valence electrons. The van der Waals surface area contributed by atoms with Gasteiger partial charge in [-0.2, -0.15) is 0 Å². The van der Waals surface area contributed by atoms with E-state index in [1.165, 1.54) is 6.07 Å². The fourth-order valence-electron chi connectivity index (χ4n) is 3.75. The van der Waals surface area contributed by atoms with Gasteiger partial charge in [-0.1, -0.05) is 60.5 Å². The Hall–Kier alpha value is -2.94. The van der Waals surface area contributed by atoms with Gasteiger partial charge in [0.05, 0.1) is 11.8 Å². The van der Waals surface area contributed by atoms with Gasteiger partial charge in [0.25, 0.3) is 0 Å². The highest BCUT2D eigenvalue weighted by molar-refractivity contribution is 5.79. The van der Waals surface area contributed by atoms with Gasteiger partial charge in [-0.05, 0) is 56.7 Å². The smallest absolute Gasteiger partial charge is 0.323 e. The monoisotopic (exact) mass is 549 g/mol. The fraction of sp³-hybridized carbons (Fsp3) is 0.667. The molecule has 0 aromatic heterocycles. The van der Waals surface area contributed by atoms with Crippen molar-refractivity contribution in [1.82, 2.24) is 0 Å². The SMILES string of the molecule is CCCC(C)C(=O)Oc1ccc(C[C@H](N)C(=O)O[C@@H](C)[C@H](C)OC(=O)CC(C)C)cc1OC(=O)C(C)CCC. The van der Waals surface area contributed by atoms with Crippen molar-refractivity contribution in [1.29, 1.82) is 0 Å². The molecule has 0 saturated carbocycles. The van der Waals surface area contributed by atoms with Crippen LogP contribution in [0.3, 0.4) is 0 Å². The predicted molar refractivity (Wildman–Crippen MR) is 148 cm³/mol. The summed E-state index contributed by atoms with van der Waals surface area (Å²) in [6, 6.07) is 3.73. The topological polar surface area (TPSA) is 131 Å². The number of hydrogen-bond acceptors (Lipinski definition) is 9. The minimum atomic E-state index is -1.02. The maximum atomic E-state index is 12.7. The molecule has 1 rings (SSSR count). The second kappa shape index (κ2) is 16.9. The molecule has 5 atom stereocenters. The van der Waals surface area contributed by atoms with E-state index in [1.54, 1.807) is 39.8 Å². The first kappa shape index (κ1) is 34.1. The van der Waals surface area contributed by atoms with Crippen molar-refractivity contribution in [3.63, 3.8) is 0 Å². The Morgan fingerprint density at radius 3 is 1.77 bits per heavy atom. The molecule has 0 aliphatic rings. The maximum Gasteiger partial charge on any atom is 0.323 e. The van der Waals surface area contributed by atoms with Gasteiger partial charge in [-0.3, -0.25) is 19.2 Å². The standard InChI is InChI=1S/C30H47NO8/c1-9-11-19(5)28(33)38-25-14-13-23(17-26(25)39-29(34)20(6)12-10-2)16-24(31)30(35)37-22(8)21(7)36-27(32)15-18(3)4/h13-14,17-22,24H,9-12,15-16,31H2,1-8H3/t19?,20?,21-,22-,24-/m0/s1. The first-order chi connectivity index (χ1) is 18.3. The van der Waals surface area contributed by atoms with Crippen molar-refractivity contribution < 1.29 is 38.1 Å². The zero-order valence-electron chi connectivity index (χ0n) is 24.8. The van der Waals surface area contributed by atoms with Crippen LogP contribution < -0.4 is 15.2 Å². The van der Waals surface area contributed by atoms with E-state index in [1.807, 2.05) is 27.7 Å². The van der Waals surface area contributed by atoms with Crippen molar-refractivity contribution in [2.75, 3.05) is 0 Å². The summed E-state index contributed by atoms with van der Waals surface area (Å²) in [5.74, 6) is -2.14. The van der Waals surface area contributed by atoms with Crippen molar-refractivity contribution >= 4 is 23.9 Å². The Morgan fingerprint density at radius 1 is 0.744 bits per heavy atom. The molecule has 2 N–H and O–H groups in total. The summed E-state index contributed by atoms with van der Waals surface area (Å²) in [5, 5.41) is 0. The number of esters is 4. The molecule has 1 aromatic carbocycles. The maximum absolute atomic E-state index is 12.7. The van der Waals surface area contributed by atoms with Gasteiger partial charge in [-0.15, -0.1) is 0 Å². The fourth-order valence-corrected chi connectivity index (χ4v) is 3.75. The lowest BCUT2D eigenvalue weighted by atomic mass is 10.0. The molecule has 0 radical (unpaired) electrons. The molecule has 0 saturated heterocycles. The van der Waals surface area contributed by atoms with Gasteiger partial charge < -0.3 is 24.7 Å². The van der Waals surface area contributed by atoms with Crippen molar-refractivity contribution in [3.8, 4) is 11.5 Å². The molecule has 0 fully saturated rings. The molecule has 0 heterocycles. The number of benzene rings is 1. The van der Waals surface area contributed by atoms with Gasteiger partial charge in [0.2, 0.25) is 0 Å². The third kappa shape index (κ3) is 12.2. The second-order valence-corrected chi connectivity index (χ2v) is 10.7. The number of carbonyl (C=O) groups excluding carboxylic acids is 4. The van der Waals surface area contributed by atoms with Crippen molar-refractivity contribution in [2.45, 2.75) is 112 Å². The zero-order valence-corrected chi connectivity index (χ0v) is 24.8. The van der Waals surface area contributed by atoms with Crippen LogP contribution in [-0.4, -0.2) is 42.1 Å². The lowest BCUT2D eigenvalue weighted by Crippen LogP contribution is -2.39. The van der Waals surface area contributed by atoms with E-state index in [-0.39, 0.29) is 48.1 Å². The molecule has 2 unspecified atom stereocenters. The van der Waals surface area contributed by atoms with E-state index < -0.39 is 36.2 Å². The number of carbonyl (C=O) groups is 4. The number of nitrogens with two attached hydrogens (primary N) is 1. The molecular formula is C30H47NO8. The number of ether oxygens (including phenoxy) is 4. The lowest BCUT2D eigenvalue weighted by molar-refractivity contribution is -0.166. The van der Waals surface area contributed by atoms with Crippen LogP contribution in [0.5, 0.6) is 11.5 Å². The van der Waals surface area contributed by atoms with Crippen LogP contribution in [0.1, 0.15) is 93.1 Å². The first-order valence-electron chi connectivity index (χ1n) is 14.0. The van der Waals surface area contributed by atoms with E-state index in [2.05, 4.69) is 0 Å². The van der Waals surface area contributed by atoms with Crippen LogP contribution in [0, 0.1) is 17.8 Å². The van der Waals surface area contributed by atoms with Crippen molar-refractivity contribution in [3.05, 3.63) is 23.8 Å². The van der Waals surface area contributed by atoms with E-state index in [9.17, 15) is 19.2 Å². The zero-order chi connectivity index (χ0) is 29.7. The quantitative estimate of drug-likeness (QED) is 0.220. The molecule has 0 aliphatic heterocycles. The van der Waals surface area contributed by atoms with Crippen LogP contribution in [0.15, 0.2) is 18.2 Å². The third-order valence-electron chi connectivity index (χ3n) is 6.29. The summed E-state index contributed by atoms with van der Waals surface area (Å²) < 4.78 is 22.0. The number of hydrogen-bond donors (Lipinski definition) is 1. The highest BCUT2D eigenvalue weighted by Crippen LogP contribution is 2.31. The van der Waals surface area contributed by atoms with Crippen LogP contribution in [0.4, 0.5) is 0 Å². The molecule has 0 bridgehead atoms. The van der Waals surface area contributed by atoms with Gasteiger partial charge >= 0.3 is 23.9 Å². The third-order valence-corrected chi connectivity index (χ3v) is 6.29. The largest absolute Gasteiger partial charge is 0.459 e. The number of rotatable bonds is 16. The molecule has 39 heavy (non-hydrogen) atoms. The average Bonchev–Trinajstić information content (AvgIpc) is 2.84. The normalized spacial score (nSPS) is 15.0. The van der Waals surface area contributed by atoms with Crippen LogP contribution in [-0.2, 0) is 35.1 Å². The summed E-state index contributed by atoms with van der Waals surface area (Å²) in [6.45, 7) is 14.6. The summed E-state index contributed by atoms with van der Waals surface area (Å²) in [6.07, 6.45) is 2.01. The molecule has 0 amide bonds. The Morgan fingerprint density at radius 2 is 1.26 bits per heavy atom. The van der Waals surface area contributed by atoms with E-state index in [4.69, 9.17) is 24.7 Å². The molecular weight excluding hydrogens is 502 g/mol. The summed E-state index contributed by atoms with van der Waals surface area (Å²) in [4.78, 5) is 49.8. The van der Waals surface area contributed by atoms with Crippen LogP contribution in [0.25, 0.3) is 0 Å². The van der Waals surface area contributed by atoms with Crippen LogP contribution in [0.2, 0.25) is 0 Å². The minimum absolute atomic E-state index is 0.0859. The Kier molecular flexibility index (Phi) is 14.8. The van der Waals surface area contributed by atoms with Gasteiger partial charge in [0, 0.05) is 6.42 Å². The Bertz CT molecular complexity index is 960. The lowest BCUT2D eigenvalue weighted by Gasteiger charge is -2.23. The summed E-state index contributed by atoms with van der Waals surface area (Å²) >= 11 is 0. The Labute approximate surface area is 233 Å². The van der Waals surface area contributed by atoms with E-state index >= 15 is 0 Å².